The zero-order chi connectivity index (χ0) is 21.7. The quantitative estimate of drug-likeness (QED) is 0.516. The maximum absolute atomic E-state index is 12.8. The fourth-order valence-electron chi connectivity index (χ4n) is 5.23. The van der Waals surface area contributed by atoms with Crippen molar-refractivity contribution < 1.29 is 24.2 Å². The van der Waals surface area contributed by atoms with Crippen LogP contribution in [-0.2, 0) is 16.1 Å². The highest BCUT2D eigenvalue weighted by Crippen LogP contribution is 2.48. The summed E-state index contributed by atoms with van der Waals surface area (Å²) in [6, 6.07) is 11.8. The Morgan fingerprint density at radius 1 is 1.06 bits per heavy atom. The molecule has 5 rings (SSSR count). The predicted octanol–water partition coefficient (Wildman–Crippen LogP) is 3.86. The van der Waals surface area contributed by atoms with Gasteiger partial charge in [-0.2, -0.15) is 0 Å². The molecule has 0 aliphatic heterocycles. The molecular formula is C26H24O5. The summed E-state index contributed by atoms with van der Waals surface area (Å²) in [5.74, 6) is -0.451. The molecule has 0 aromatic heterocycles. The number of ether oxygens (including phenoxy) is 1. The van der Waals surface area contributed by atoms with Crippen LogP contribution in [0, 0.1) is 17.8 Å². The topological polar surface area (TPSA) is 80.7 Å². The molecule has 2 aromatic rings. The summed E-state index contributed by atoms with van der Waals surface area (Å²) in [5.41, 5.74) is 3.19. The van der Waals surface area contributed by atoms with Crippen molar-refractivity contribution >= 4 is 17.5 Å². The summed E-state index contributed by atoms with van der Waals surface area (Å²) in [7, 11) is 0. The van der Waals surface area contributed by atoms with Crippen molar-refractivity contribution in [1.29, 1.82) is 0 Å². The molecule has 2 saturated carbocycles. The molecule has 2 fully saturated rings. The van der Waals surface area contributed by atoms with Crippen molar-refractivity contribution in [3.8, 4) is 0 Å². The van der Waals surface area contributed by atoms with Gasteiger partial charge < -0.3 is 9.84 Å². The Kier molecular flexibility index (Phi) is 4.86. The van der Waals surface area contributed by atoms with Gasteiger partial charge in [0.1, 0.15) is 6.61 Å². The van der Waals surface area contributed by atoms with E-state index in [-0.39, 0.29) is 24.1 Å². The van der Waals surface area contributed by atoms with Gasteiger partial charge in [-0.1, -0.05) is 36.4 Å². The van der Waals surface area contributed by atoms with E-state index in [1.165, 1.54) is 0 Å². The standard InChI is InChI=1S/C26H24O5/c1-14(10-21-16-7-8-17(12-16)23(21)27)26(30)31-13-15-6-9-20-22(11-15)25(29)19-5-3-2-4-18(19)24(20)28/h2-6,9-11,14,16-17,23,27H,7-8,12-13H2,1H3/b21-10+. The average Bonchev–Trinajstić information content (AvgIpc) is 3.38. The van der Waals surface area contributed by atoms with Gasteiger partial charge in [0.15, 0.2) is 11.6 Å². The average molecular weight is 416 g/mol. The Bertz CT molecular complexity index is 1120. The normalized spacial score (nSPS) is 26.0. The van der Waals surface area contributed by atoms with Gasteiger partial charge in [0.2, 0.25) is 0 Å². The van der Waals surface area contributed by atoms with Crippen molar-refractivity contribution in [2.75, 3.05) is 0 Å². The van der Waals surface area contributed by atoms with Gasteiger partial charge in [0, 0.05) is 22.3 Å². The maximum Gasteiger partial charge on any atom is 0.312 e. The molecule has 3 aliphatic carbocycles. The number of carbonyl (C=O) groups excluding carboxylic acids is 3. The molecule has 4 unspecified atom stereocenters. The minimum absolute atomic E-state index is 0.0251. The molecule has 31 heavy (non-hydrogen) atoms. The molecule has 158 valence electrons. The fraction of sp³-hybridized carbons (Fsp3) is 0.346. The van der Waals surface area contributed by atoms with Crippen LogP contribution < -0.4 is 0 Å². The SMILES string of the molecule is CC(/C=C1\C2CCC(C2)C1O)C(=O)OCc1ccc2c(c1)C(=O)c1ccccc1C2=O. The lowest BCUT2D eigenvalue weighted by Gasteiger charge is -2.21. The van der Waals surface area contributed by atoms with Gasteiger partial charge >= 0.3 is 5.97 Å². The first-order valence-electron chi connectivity index (χ1n) is 10.8. The highest BCUT2D eigenvalue weighted by atomic mass is 16.5. The van der Waals surface area contributed by atoms with Crippen molar-refractivity contribution in [3.63, 3.8) is 0 Å². The van der Waals surface area contributed by atoms with E-state index in [0.717, 1.165) is 24.8 Å². The van der Waals surface area contributed by atoms with Gasteiger partial charge in [-0.05, 0) is 61.3 Å². The first kappa shape index (κ1) is 19.9. The number of rotatable bonds is 4. The Morgan fingerprint density at radius 2 is 1.74 bits per heavy atom. The molecule has 0 heterocycles. The van der Waals surface area contributed by atoms with Gasteiger partial charge in [-0.15, -0.1) is 0 Å². The van der Waals surface area contributed by atoms with E-state index in [9.17, 15) is 19.5 Å². The number of ketones is 2. The Labute approximate surface area is 180 Å². The van der Waals surface area contributed by atoms with E-state index >= 15 is 0 Å². The minimum atomic E-state index is -0.447. The predicted molar refractivity (Wildman–Crippen MR) is 114 cm³/mol. The molecule has 5 heteroatoms. The molecule has 0 amide bonds. The molecule has 0 radical (unpaired) electrons. The number of hydrogen-bond acceptors (Lipinski definition) is 5. The lowest BCUT2D eigenvalue weighted by atomic mass is 9.83. The Hall–Kier alpha value is -3.05. The number of esters is 1. The highest BCUT2D eigenvalue weighted by Gasteiger charge is 2.43. The summed E-state index contributed by atoms with van der Waals surface area (Å²) in [5, 5.41) is 10.4. The third-order valence-corrected chi connectivity index (χ3v) is 6.92. The summed E-state index contributed by atoms with van der Waals surface area (Å²) in [6.45, 7) is 1.80. The van der Waals surface area contributed by atoms with Gasteiger partial charge in [0.25, 0.3) is 0 Å². The fourth-order valence-corrected chi connectivity index (χ4v) is 5.23. The number of carbonyl (C=O) groups is 3. The second-order valence-corrected chi connectivity index (χ2v) is 8.86. The molecule has 1 N–H and O–H groups in total. The van der Waals surface area contributed by atoms with Crippen LogP contribution >= 0.6 is 0 Å². The van der Waals surface area contributed by atoms with Gasteiger partial charge in [-0.25, -0.2) is 0 Å². The second kappa shape index (κ2) is 7.57. The van der Waals surface area contributed by atoms with E-state index in [4.69, 9.17) is 4.74 Å². The van der Waals surface area contributed by atoms with Gasteiger partial charge in [-0.3, -0.25) is 14.4 Å². The zero-order valence-corrected chi connectivity index (χ0v) is 17.3. The summed E-state index contributed by atoms with van der Waals surface area (Å²) >= 11 is 0. The molecule has 0 saturated heterocycles. The number of benzene rings is 2. The van der Waals surface area contributed by atoms with Crippen molar-refractivity contribution in [2.24, 2.45) is 17.8 Å². The van der Waals surface area contributed by atoms with Crippen molar-refractivity contribution in [3.05, 3.63) is 81.9 Å². The first-order valence-corrected chi connectivity index (χ1v) is 10.8. The molecule has 4 atom stereocenters. The van der Waals surface area contributed by atoms with E-state index in [2.05, 4.69) is 0 Å². The summed E-state index contributed by atoms with van der Waals surface area (Å²) in [6.07, 6.45) is 4.59. The molecule has 3 aliphatic rings. The maximum atomic E-state index is 12.8. The van der Waals surface area contributed by atoms with Crippen LogP contribution in [0.3, 0.4) is 0 Å². The van der Waals surface area contributed by atoms with Crippen LogP contribution in [0.5, 0.6) is 0 Å². The number of aliphatic hydroxyl groups is 1. The highest BCUT2D eigenvalue weighted by molar-refractivity contribution is 6.28. The molecular weight excluding hydrogens is 392 g/mol. The molecule has 2 bridgehead atoms. The van der Waals surface area contributed by atoms with Crippen LogP contribution in [0.2, 0.25) is 0 Å². The van der Waals surface area contributed by atoms with Crippen LogP contribution in [0.4, 0.5) is 0 Å². The molecule has 0 spiro atoms. The zero-order valence-electron chi connectivity index (χ0n) is 17.3. The summed E-state index contributed by atoms with van der Waals surface area (Å²) in [4.78, 5) is 38.1. The van der Waals surface area contributed by atoms with E-state index < -0.39 is 12.0 Å². The van der Waals surface area contributed by atoms with E-state index in [1.54, 1.807) is 49.4 Å². The monoisotopic (exact) mass is 416 g/mol. The van der Waals surface area contributed by atoms with Crippen LogP contribution in [0.1, 0.15) is 63.6 Å². The molecule has 2 aromatic carbocycles. The summed E-state index contributed by atoms with van der Waals surface area (Å²) < 4.78 is 5.48. The van der Waals surface area contributed by atoms with E-state index in [0.29, 0.717) is 39.7 Å². The van der Waals surface area contributed by atoms with Crippen molar-refractivity contribution in [1.82, 2.24) is 0 Å². The van der Waals surface area contributed by atoms with Crippen LogP contribution in [-0.4, -0.2) is 28.7 Å². The Balaban J connectivity index is 1.29. The third-order valence-electron chi connectivity index (χ3n) is 6.92. The third kappa shape index (κ3) is 3.33. The minimum Gasteiger partial charge on any atom is -0.460 e. The largest absolute Gasteiger partial charge is 0.460 e. The number of hydrogen-bond donors (Lipinski definition) is 1. The second-order valence-electron chi connectivity index (χ2n) is 8.86. The van der Waals surface area contributed by atoms with Crippen LogP contribution in [0.25, 0.3) is 0 Å². The Morgan fingerprint density at radius 3 is 2.42 bits per heavy atom. The van der Waals surface area contributed by atoms with E-state index in [1.807, 2.05) is 6.08 Å². The first-order chi connectivity index (χ1) is 14.9. The lowest BCUT2D eigenvalue weighted by molar-refractivity contribution is -0.147. The van der Waals surface area contributed by atoms with Crippen LogP contribution in [0.15, 0.2) is 54.1 Å². The van der Waals surface area contributed by atoms with Gasteiger partial charge in [0.05, 0.1) is 12.0 Å². The number of fused-ring (bicyclic) bond motifs is 4. The smallest absolute Gasteiger partial charge is 0.312 e. The molecule has 5 nitrogen and oxygen atoms in total. The van der Waals surface area contributed by atoms with Crippen molar-refractivity contribution in [2.45, 2.75) is 38.9 Å². The lowest BCUT2D eigenvalue weighted by Crippen LogP contribution is -2.22. The number of aliphatic hydroxyl groups excluding tert-OH is 1.